The molecule has 0 saturated heterocycles. The Morgan fingerprint density at radius 1 is 0.923 bits per heavy atom. The quantitative estimate of drug-likeness (QED) is 0.234. The van der Waals surface area contributed by atoms with E-state index >= 15 is 4.39 Å². The van der Waals surface area contributed by atoms with Crippen LogP contribution in [-0.2, 0) is 5.41 Å². The summed E-state index contributed by atoms with van der Waals surface area (Å²) in [5.41, 5.74) is 6.48. The molecule has 0 N–H and O–H groups in total. The Morgan fingerprint density at radius 3 is 2.59 bits per heavy atom. The molecule has 3 aliphatic rings. The molecule has 0 spiro atoms. The van der Waals surface area contributed by atoms with Gasteiger partial charge in [-0.3, -0.25) is 0 Å². The fraction of sp³-hybridized carbons (Fsp3) is 0.0857. The van der Waals surface area contributed by atoms with Gasteiger partial charge in [0.05, 0.1) is 12.5 Å². The number of rotatable bonds is 3. The molecule has 8 rings (SSSR count). The van der Waals surface area contributed by atoms with E-state index in [1.54, 1.807) is 19.2 Å². The third kappa shape index (κ3) is 3.12. The van der Waals surface area contributed by atoms with Crippen molar-refractivity contribution in [2.24, 2.45) is 0 Å². The van der Waals surface area contributed by atoms with E-state index in [2.05, 4.69) is 60.7 Å². The van der Waals surface area contributed by atoms with E-state index in [-0.39, 0.29) is 5.82 Å². The minimum atomic E-state index is -0.786. The number of ether oxygens (including phenoxy) is 2. The molecular weight excluding hydrogens is 503 g/mol. The van der Waals surface area contributed by atoms with Crippen LogP contribution in [0, 0.1) is 5.82 Å². The predicted octanol–water partition coefficient (Wildman–Crippen LogP) is 8.94. The second-order valence-electron chi connectivity index (χ2n) is 10.1. The van der Waals surface area contributed by atoms with Crippen LogP contribution in [0.15, 0.2) is 103 Å². The van der Waals surface area contributed by atoms with Crippen molar-refractivity contribution in [2.45, 2.75) is 5.41 Å². The number of methoxy groups -OCH3 is 1. The average molecular weight is 527 g/mol. The first-order chi connectivity index (χ1) is 19.2. The SMILES string of the molecule is COc1ccc(C2(c3ccccc3F)C=CC3=Cc4c5c(c6c(sc7ccccc76)c4C3=C2)C=CCO5)cc1. The molecule has 1 atom stereocenters. The normalized spacial score (nSPS) is 18.8. The first kappa shape index (κ1) is 22.6. The molecule has 0 amide bonds. The van der Waals surface area contributed by atoms with Crippen LogP contribution in [0.3, 0.4) is 0 Å². The molecule has 5 aromatic rings. The summed E-state index contributed by atoms with van der Waals surface area (Å²) in [4.78, 5) is 0. The predicted molar refractivity (Wildman–Crippen MR) is 159 cm³/mol. The number of allylic oxidation sites excluding steroid dienone is 5. The molecule has 0 radical (unpaired) electrons. The molecule has 0 bridgehead atoms. The monoisotopic (exact) mass is 526 g/mol. The van der Waals surface area contributed by atoms with Gasteiger partial charge in [0.1, 0.15) is 23.9 Å². The van der Waals surface area contributed by atoms with Gasteiger partial charge in [0.15, 0.2) is 0 Å². The van der Waals surface area contributed by atoms with E-state index in [1.807, 2.05) is 47.7 Å². The highest BCUT2D eigenvalue weighted by Crippen LogP contribution is 2.55. The maximum Gasteiger partial charge on any atom is 0.135 e. The number of thiophene rings is 1. The van der Waals surface area contributed by atoms with Crippen molar-refractivity contribution in [1.29, 1.82) is 0 Å². The Morgan fingerprint density at radius 2 is 1.74 bits per heavy atom. The lowest BCUT2D eigenvalue weighted by Crippen LogP contribution is -2.26. The van der Waals surface area contributed by atoms with Gasteiger partial charge in [0.25, 0.3) is 0 Å². The standard InChI is InChI=1S/C35H23FO2S/c1-37-23-14-12-22(13-15-23)35(28-9-3-4-10-29(28)36)17-16-21-19-26-32(27(21)20-35)34-31(25-8-6-18-38-33(25)26)24-7-2-5-11-30(24)39-34/h2-17,19-20H,18H2,1H3. The highest BCUT2D eigenvalue weighted by Gasteiger charge is 2.39. The first-order valence-electron chi connectivity index (χ1n) is 13.0. The summed E-state index contributed by atoms with van der Waals surface area (Å²) in [7, 11) is 1.66. The van der Waals surface area contributed by atoms with Gasteiger partial charge in [-0.25, -0.2) is 4.39 Å². The van der Waals surface area contributed by atoms with Crippen LogP contribution < -0.4 is 9.47 Å². The summed E-state index contributed by atoms with van der Waals surface area (Å²) >= 11 is 1.82. The second kappa shape index (κ2) is 8.29. The van der Waals surface area contributed by atoms with Gasteiger partial charge in [-0.05, 0) is 53.1 Å². The average Bonchev–Trinajstić information content (AvgIpc) is 3.56. The van der Waals surface area contributed by atoms with E-state index in [4.69, 9.17) is 9.47 Å². The van der Waals surface area contributed by atoms with Crippen molar-refractivity contribution >= 4 is 49.2 Å². The van der Waals surface area contributed by atoms with E-state index < -0.39 is 5.41 Å². The molecule has 0 saturated carbocycles. The topological polar surface area (TPSA) is 18.5 Å². The zero-order valence-electron chi connectivity index (χ0n) is 21.2. The molecular formula is C35H23FO2S. The van der Waals surface area contributed by atoms with E-state index in [1.165, 1.54) is 25.7 Å². The fourth-order valence-electron chi connectivity index (χ4n) is 6.33. The highest BCUT2D eigenvalue weighted by molar-refractivity contribution is 7.26. The lowest BCUT2D eigenvalue weighted by Gasteiger charge is -2.33. The summed E-state index contributed by atoms with van der Waals surface area (Å²) in [5.74, 6) is 1.47. The fourth-order valence-corrected chi connectivity index (χ4v) is 7.63. The van der Waals surface area contributed by atoms with Crippen LogP contribution in [0.5, 0.6) is 11.5 Å². The van der Waals surface area contributed by atoms with Crippen LogP contribution in [0.4, 0.5) is 4.39 Å². The van der Waals surface area contributed by atoms with Crippen molar-refractivity contribution in [3.8, 4) is 11.5 Å². The molecule has 2 aliphatic carbocycles. The lowest BCUT2D eigenvalue weighted by atomic mass is 9.69. The molecule has 1 unspecified atom stereocenters. The first-order valence-corrected chi connectivity index (χ1v) is 13.8. The van der Waals surface area contributed by atoms with E-state index in [0.29, 0.717) is 12.2 Å². The number of halogens is 1. The number of hydrogen-bond donors (Lipinski definition) is 0. The van der Waals surface area contributed by atoms with Gasteiger partial charge >= 0.3 is 0 Å². The van der Waals surface area contributed by atoms with Crippen molar-refractivity contribution in [1.82, 2.24) is 0 Å². The summed E-state index contributed by atoms with van der Waals surface area (Å²) in [6.45, 7) is 0.552. The molecule has 2 heterocycles. The lowest BCUT2D eigenvalue weighted by molar-refractivity contribution is 0.358. The molecule has 1 aliphatic heterocycles. The Balaban J connectivity index is 1.46. The van der Waals surface area contributed by atoms with Gasteiger partial charge in [0.2, 0.25) is 0 Å². The van der Waals surface area contributed by atoms with Crippen LogP contribution in [-0.4, -0.2) is 13.7 Å². The van der Waals surface area contributed by atoms with Gasteiger partial charge in [-0.15, -0.1) is 11.3 Å². The third-order valence-electron chi connectivity index (χ3n) is 8.12. The molecule has 4 heteroatoms. The smallest absolute Gasteiger partial charge is 0.135 e. The van der Waals surface area contributed by atoms with Gasteiger partial charge in [-0.2, -0.15) is 0 Å². The van der Waals surface area contributed by atoms with Crippen LogP contribution in [0.2, 0.25) is 0 Å². The summed E-state index contributed by atoms with van der Waals surface area (Å²) in [6, 6.07) is 23.6. The van der Waals surface area contributed by atoms with Crippen LogP contribution in [0.1, 0.15) is 27.8 Å². The summed E-state index contributed by atoms with van der Waals surface area (Å²) in [5, 5.41) is 2.47. The Labute approximate surface area is 229 Å². The molecule has 4 aromatic carbocycles. The Bertz CT molecular complexity index is 1950. The summed E-state index contributed by atoms with van der Waals surface area (Å²) < 4.78 is 29.8. The van der Waals surface area contributed by atoms with Crippen molar-refractivity contribution < 1.29 is 13.9 Å². The zero-order valence-corrected chi connectivity index (χ0v) is 22.0. The van der Waals surface area contributed by atoms with Crippen molar-refractivity contribution in [3.05, 3.63) is 136 Å². The van der Waals surface area contributed by atoms with Gasteiger partial charge in [-0.1, -0.05) is 72.8 Å². The maximum atomic E-state index is 15.6. The molecule has 0 fully saturated rings. The van der Waals surface area contributed by atoms with Crippen molar-refractivity contribution in [3.63, 3.8) is 0 Å². The number of benzene rings is 4. The highest BCUT2D eigenvalue weighted by atomic mass is 32.1. The number of fused-ring (bicyclic) bond motifs is 10. The second-order valence-corrected chi connectivity index (χ2v) is 11.2. The molecule has 2 nitrogen and oxygen atoms in total. The maximum absolute atomic E-state index is 15.6. The van der Waals surface area contributed by atoms with E-state index in [0.717, 1.165) is 39.3 Å². The zero-order chi connectivity index (χ0) is 26.1. The number of hydrogen-bond acceptors (Lipinski definition) is 3. The molecule has 188 valence electrons. The third-order valence-corrected chi connectivity index (χ3v) is 9.31. The largest absolute Gasteiger partial charge is 0.497 e. The van der Waals surface area contributed by atoms with E-state index in [9.17, 15) is 0 Å². The summed E-state index contributed by atoms with van der Waals surface area (Å²) in [6.07, 6.45) is 13.0. The van der Waals surface area contributed by atoms with Crippen LogP contribution >= 0.6 is 11.3 Å². The van der Waals surface area contributed by atoms with Crippen molar-refractivity contribution in [2.75, 3.05) is 13.7 Å². The molecule has 39 heavy (non-hydrogen) atoms. The Hall–Kier alpha value is -4.41. The van der Waals surface area contributed by atoms with Gasteiger partial charge in [0, 0.05) is 42.4 Å². The Kier molecular flexibility index (Phi) is 4.80. The minimum absolute atomic E-state index is 0.230. The molecule has 1 aromatic heterocycles. The van der Waals surface area contributed by atoms with Crippen LogP contribution in [0.25, 0.3) is 37.9 Å². The minimum Gasteiger partial charge on any atom is -0.497 e. The van der Waals surface area contributed by atoms with Gasteiger partial charge < -0.3 is 9.47 Å².